The van der Waals surface area contributed by atoms with Crippen LogP contribution in [0, 0.1) is 5.92 Å². The molecule has 2 heterocycles. The van der Waals surface area contributed by atoms with Gasteiger partial charge in [0, 0.05) is 5.88 Å². The minimum Gasteiger partial charge on any atom is -0.453 e. The van der Waals surface area contributed by atoms with Crippen molar-refractivity contribution in [2.45, 2.75) is 30.6 Å². The molecule has 5 nitrogen and oxygen atoms in total. The molecule has 0 unspecified atom stereocenters. The number of ether oxygens (including phenoxy) is 1. The first kappa shape index (κ1) is 14.4. The standard InChI is InChI=1S/C15H16ClNO4/c1-14-10(7-8-16)12(19)17-15(14,13(20)21-14)11(18)9-5-3-2-4-6-9/h2-6,10-11,18H,7-8H2,1H3,(H,17,19)/t10-,11+,14-,15-/m0/s1. The average molecular weight is 310 g/mol. The van der Waals surface area contributed by atoms with Crippen molar-refractivity contribution in [3.05, 3.63) is 35.9 Å². The molecule has 1 aromatic carbocycles. The minimum absolute atomic E-state index is 0.280. The second-order valence-electron chi connectivity index (χ2n) is 5.64. The predicted octanol–water partition coefficient (Wildman–Crippen LogP) is 1.15. The van der Waals surface area contributed by atoms with Crippen LogP contribution in [-0.4, -0.2) is 34.0 Å². The van der Waals surface area contributed by atoms with Crippen LogP contribution in [0.4, 0.5) is 0 Å². The highest BCUT2D eigenvalue weighted by molar-refractivity contribution is 6.18. The third-order valence-electron chi connectivity index (χ3n) is 4.63. The van der Waals surface area contributed by atoms with E-state index in [-0.39, 0.29) is 11.8 Å². The van der Waals surface area contributed by atoms with Crippen LogP contribution in [0.15, 0.2) is 30.3 Å². The SMILES string of the molecule is C[C@@]12OC(=O)[C@]1([C@H](O)c1ccccc1)NC(=O)[C@@H]2CCCl. The first-order valence-corrected chi connectivity index (χ1v) is 7.35. The Morgan fingerprint density at radius 2 is 2.05 bits per heavy atom. The number of carbonyl (C=O) groups excluding carboxylic acids is 2. The van der Waals surface area contributed by atoms with Crippen molar-refractivity contribution in [2.24, 2.45) is 5.92 Å². The molecule has 0 aliphatic carbocycles. The zero-order valence-corrected chi connectivity index (χ0v) is 12.3. The van der Waals surface area contributed by atoms with Gasteiger partial charge in [-0.3, -0.25) is 4.79 Å². The van der Waals surface area contributed by atoms with Gasteiger partial charge in [-0.25, -0.2) is 4.79 Å². The Kier molecular flexibility index (Phi) is 3.22. The number of aliphatic hydroxyl groups excluding tert-OH is 1. The highest BCUT2D eigenvalue weighted by atomic mass is 35.5. The summed E-state index contributed by atoms with van der Waals surface area (Å²) in [6, 6.07) is 8.78. The maximum atomic E-state index is 12.2. The van der Waals surface area contributed by atoms with Crippen molar-refractivity contribution < 1.29 is 19.4 Å². The van der Waals surface area contributed by atoms with Gasteiger partial charge in [0.2, 0.25) is 11.4 Å². The Bertz CT molecular complexity index is 593. The van der Waals surface area contributed by atoms with Crippen LogP contribution in [-0.2, 0) is 14.3 Å². The molecule has 0 bridgehead atoms. The summed E-state index contributed by atoms with van der Waals surface area (Å²) < 4.78 is 5.29. The Labute approximate surface area is 127 Å². The van der Waals surface area contributed by atoms with E-state index in [1.807, 2.05) is 6.07 Å². The van der Waals surface area contributed by atoms with Gasteiger partial charge in [-0.05, 0) is 18.9 Å². The fraction of sp³-hybridized carbons (Fsp3) is 0.467. The van der Waals surface area contributed by atoms with Gasteiger partial charge in [-0.15, -0.1) is 11.6 Å². The predicted molar refractivity (Wildman–Crippen MR) is 75.6 cm³/mol. The lowest BCUT2D eigenvalue weighted by Gasteiger charge is -2.53. The summed E-state index contributed by atoms with van der Waals surface area (Å²) in [6.45, 7) is 1.68. The molecular weight excluding hydrogens is 294 g/mol. The summed E-state index contributed by atoms with van der Waals surface area (Å²) in [5.41, 5.74) is -1.94. The van der Waals surface area contributed by atoms with E-state index in [0.29, 0.717) is 12.0 Å². The van der Waals surface area contributed by atoms with Gasteiger partial charge < -0.3 is 15.2 Å². The molecule has 4 atom stereocenters. The fourth-order valence-corrected chi connectivity index (χ4v) is 3.63. The summed E-state index contributed by atoms with van der Waals surface area (Å²) in [5, 5.41) is 13.4. The van der Waals surface area contributed by atoms with Crippen LogP contribution in [0.2, 0.25) is 0 Å². The van der Waals surface area contributed by atoms with E-state index in [2.05, 4.69) is 5.32 Å². The molecule has 2 fully saturated rings. The Balaban J connectivity index is 2.03. The number of amides is 1. The van der Waals surface area contributed by atoms with Crippen molar-refractivity contribution in [3.8, 4) is 0 Å². The summed E-state index contributed by atoms with van der Waals surface area (Å²) in [7, 11) is 0. The number of aliphatic hydroxyl groups is 1. The van der Waals surface area contributed by atoms with E-state index in [0.717, 1.165) is 0 Å². The zero-order chi connectivity index (χ0) is 15.3. The van der Waals surface area contributed by atoms with Gasteiger partial charge in [0.25, 0.3) is 0 Å². The molecule has 0 saturated carbocycles. The molecule has 1 aromatic rings. The van der Waals surface area contributed by atoms with Crippen molar-refractivity contribution in [2.75, 3.05) is 5.88 Å². The lowest BCUT2D eigenvalue weighted by Crippen LogP contribution is -2.76. The smallest absolute Gasteiger partial charge is 0.339 e. The molecule has 0 spiro atoms. The highest BCUT2D eigenvalue weighted by Crippen LogP contribution is 2.55. The highest BCUT2D eigenvalue weighted by Gasteiger charge is 2.79. The fourth-order valence-electron chi connectivity index (χ4n) is 3.41. The quantitative estimate of drug-likeness (QED) is 0.646. The lowest BCUT2D eigenvalue weighted by atomic mass is 9.67. The largest absolute Gasteiger partial charge is 0.453 e. The van der Waals surface area contributed by atoms with E-state index < -0.39 is 29.1 Å². The Morgan fingerprint density at radius 3 is 2.62 bits per heavy atom. The maximum absolute atomic E-state index is 12.2. The topological polar surface area (TPSA) is 75.6 Å². The normalized spacial score (nSPS) is 35.5. The molecular formula is C15H16ClNO4. The molecule has 0 aromatic heterocycles. The number of esters is 1. The van der Waals surface area contributed by atoms with Crippen molar-refractivity contribution >= 4 is 23.5 Å². The number of rotatable bonds is 4. The number of nitrogens with one attached hydrogen (secondary N) is 1. The summed E-state index contributed by atoms with van der Waals surface area (Å²) in [4.78, 5) is 24.3. The summed E-state index contributed by atoms with van der Waals surface area (Å²) in [6.07, 6.45) is -0.769. The molecule has 2 aliphatic heterocycles. The van der Waals surface area contributed by atoms with Crippen molar-refractivity contribution in [1.82, 2.24) is 5.32 Å². The number of fused-ring (bicyclic) bond motifs is 1. The lowest BCUT2D eigenvalue weighted by molar-refractivity contribution is -0.236. The number of carbonyl (C=O) groups is 2. The summed E-state index contributed by atoms with van der Waals surface area (Å²) >= 11 is 5.74. The Hall–Kier alpha value is -1.59. The van der Waals surface area contributed by atoms with Crippen LogP contribution < -0.4 is 5.32 Å². The molecule has 2 aliphatic rings. The van der Waals surface area contributed by atoms with E-state index in [4.69, 9.17) is 16.3 Å². The number of benzene rings is 1. The van der Waals surface area contributed by atoms with Crippen molar-refractivity contribution in [3.63, 3.8) is 0 Å². The summed E-state index contributed by atoms with van der Waals surface area (Å²) in [5.74, 6) is -1.18. The van der Waals surface area contributed by atoms with E-state index in [9.17, 15) is 14.7 Å². The number of hydrogen-bond donors (Lipinski definition) is 2. The van der Waals surface area contributed by atoms with Gasteiger partial charge >= 0.3 is 5.97 Å². The van der Waals surface area contributed by atoms with E-state index in [1.54, 1.807) is 31.2 Å². The molecule has 0 radical (unpaired) electrons. The van der Waals surface area contributed by atoms with Crippen LogP contribution in [0.3, 0.4) is 0 Å². The minimum atomic E-state index is -1.43. The first-order valence-electron chi connectivity index (χ1n) is 6.82. The van der Waals surface area contributed by atoms with Crippen LogP contribution >= 0.6 is 11.6 Å². The molecule has 6 heteroatoms. The van der Waals surface area contributed by atoms with Gasteiger partial charge in [-0.1, -0.05) is 30.3 Å². The number of hydrogen-bond acceptors (Lipinski definition) is 4. The van der Waals surface area contributed by atoms with E-state index in [1.165, 1.54) is 0 Å². The molecule has 3 rings (SSSR count). The molecule has 2 saturated heterocycles. The van der Waals surface area contributed by atoms with E-state index >= 15 is 0 Å². The average Bonchev–Trinajstić information content (AvgIpc) is 2.65. The number of alkyl halides is 1. The van der Waals surface area contributed by atoms with Gasteiger partial charge in [0.15, 0.2) is 5.60 Å². The molecule has 1 amide bonds. The van der Waals surface area contributed by atoms with Gasteiger partial charge in [0.05, 0.1) is 5.92 Å². The van der Waals surface area contributed by atoms with Gasteiger partial charge in [-0.2, -0.15) is 0 Å². The second-order valence-corrected chi connectivity index (χ2v) is 6.02. The van der Waals surface area contributed by atoms with Crippen LogP contribution in [0.1, 0.15) is 25.0 Å². The first-order chi connectivity index (χ1) is 9.97. The zero-order valence-electron chi connectivity index (χ0n) is 11.5. The molecule has 21 heavy (non-hydrogen) atoms. The third kappa shape index (κ3) is 1.67. The molecule has 2 N–H and O–H groups in total. The number of halogens is 1. The van der Waals surface area contributed by atoms with Crippen molar-refractivity contribution in [1.29, 1.82) is 0 Å². The Morgan fingerprint density at radius 1 is 1.38 bits per heavy atom. The van der Waals surface area contributed by atoms with Crippen LogP contribution in [0.25, 0.3) is 0 Å². The maximum Gasteiger partial charge on any atom is 0.339 e. The van der Waals surface area contributed by atoms with Crippen LogP contribution in [0.5, 0.6) is 0 Å². The monoisotopic (exact) mass is 309 g/mol. The third-order valence-corrected chi connectivity index (χ3v) is 4.85. The van der Waals surface area contributed by atoms with Gasteiger partial charge in [0.1, 0.15) is 6.10 Å². The molecule has 112 valence electrons. The second kappa shape index (κ2) is 4.71.